The van der Waals surface area contributed by atoms with Crippen LogP contribution in [0.15, 0.2) is 13.6 Å². The molecule has 0 aliphatic carbocycles. The average molecular weight is 399 g/mol. The van der Waals surface area contributed by atoms with Crippen LogP contribution >= 0.6 is 43.2 Å². The van der Waals surface area contributed by atoms with Crippen molar-refractivity contribution in [3.05, 3.63) is 19.2 Å². The van der Waals surface area contributed by atoms with E-state index < -0.39 is 5.60 Å². The summed E-state index contributed by atoms with van der Waals surface area (Å²) < 4.78 is 6.87. The van der Waals surface area contributed by atoms with E-state index in [0.29, 0.717) is 31.6 Å². The summed E-state index contributed by atoms with van der Waals surface area (Å²) in [5.41, 5.74) is -0.254. The summed E-state index contributed by atoms with van der Waals surface area (Å²) in [7, 11) is 0. The van der Waals surface area contributed by atoms with E-state index >= 15 is 0 Å². The standard InChI is InChI=1S/C11H13Br2NO3S/c12-8-5-7(9(13)18-8)10(15)14-6-11(16)1-3-17-4-2-11/h5,16H,1-4,6H2,(H,14,15). The molecule has 1 aliphatic heterocycles. The van der Waals surface area contributed by atoms with Crippen LogP contribution in [0.25, 0.3) is 0 Å². The second kappa shape index (κ2) is 6.00. The number of halogens is 2. The highest BCUT2D eigenvalue weighted by atomic mass is 79.9. The van der Waals surface area contributed by atoms with Gasteiger partial charge in [0.25, 0.3) is 5.91 Å². The minimum atomic E-state index is -0.840. The number of amides is 1. The van der Waals surface area contributed by atoms with E-state index in [1.807, 2.05) is 0 Å². The van der Waals surface area contributed by atoms with Crippen LogP contribution in [0.4, 0.5) is 0 Å². The van der Waals surface area contributed by atoms with Crippen molar-refractivity contribution < 1.29 is 14.6 Å². The minimum absolute atomic E-state index is 0.177. The molecular formula is C11H13Br2NO3S. The van der Waals surface area contributed by atoms with Crippen LogP contribution in [0.1, 0.15) is 23.2 Å². The second-order valence-electron chi connectivity index (χ2n) is 4.26. The van der Waals surface area contributed by atoms with Gasteiger partial charge in [-0.15, -0.1) is 11.3 Å². The first-order chi connectivity index (χ1) is 8.50. The summed E-state index contributed by atoms with van der Waals surface area (Å²) in [6.07, 6.45) is 1.11. The molecular weight excluding hydrogens is 386 g/mol. The fourth-order valence-corrected chi connectivity index (χ4v) is 4.56. The Morgan fingerprint density at radius 2 is 2.17 bits per heavy atom. The highest BCUT2D eigenvalue weighted by molar-refractivity contribution is 9.12. The van der Waals surface area contributed by atoms with Gasteiger partial charge in [0.05, 0.1) is 18.7 Å². The second-order valence-corrected chi connectivity index (χ2v) is 8.01. The van der Waals surface area contributed by atoms with Crippen molar-refractivity contribution in [2.24, 2.45) is 0 Å². The van der Waals surface area contributed by atoms with Crippen LogP contribution in [0, 0.1) is 0 Å². The lowest BCUT2D eigenvalue weighted by Gasteiger charge is -2.32. The number of nitrogens with one attached hydrogen (secondary N) is 1. The fourth-order valence-electron chi connectivity index (χ4n) is 1.76. The highest BCUT2D eigenvalue weighted by Crippen LogP contribution is 2.31. The van der Waals surface area contributed by atoms with Gasteiger partial charge in [-0.3, -0.25) is 4.79 Å². The van der Waals surface area contributed by atoms with E-state index in [9.17, 15) is 9.90 Å². The first kappa shape index (κ1) is 14.5. The molecule has 100 valence electrons. The Morgan fingerprint density at radius 1 is 1.50 bits per heavy atom. The molecule has 0 aromatic carbocycles. The van der Waals surface area contributed by atoms with Crippen LogP contribution in [0.3, 0.4) is 0 Å². The molecule has 2 N–H and O–H groups in total. The van der Waals surface area contributed by atoms with Gasteiger partial charge < -0.3 is 15.2 Å². The van der Waals surface area contributed by atoms with Crippen LogP contribution < -0.4 is 5.32 Å². The van der Waals surface area contributed by atoms with E-state index in [1.165, 1.54) is 11.3 Å². The third-order valence-electron chi connectivity index (χ3n) is 2.90. The molecule has 0 bridgehead atoms. The maximum absolute atomic E-state index is 12.0. The Kier molecular flexibility index (Phi) is 4.82. The summed E-state index contributed by atoms with van der Waals surface area (Å²) in [5, 5.41) is 13.0. The molecule has 0 spiro atoms. The van der Waals surface area contributed by atoms with Gasteiger partial charge in [-0.05, 0) is 37.9 Å². The van der Waals surface area contributed by atoms with Gasteiger partial charge in [0.15, 0.2) is 0 Å². The molecule has 1 fully saturated rings. The van der Waals surface area contributed by atoms with Gasteiger partial charge >= 0.3 is 0 Å². The van der Waals surface area contributed by atoms with E-state index in [-0.39, 0.29) is 12.5 Å². The molecule has 4 nitrogen and oxygen atoms in total. The van der Waals surface area contributed by atoms with Crippen molar-refractivity contribution in [2.45, 2.75) is 18.4 Å². The quantitative estimate of drug-likeness (QED) is 0.822. The molecule has 0 saturated carbocycles. The normalized spacial score (nSPS) is 18.6. The monoisotopic (exact) mass is 397 g/mol. The summed E-state index contributed by atoms with van der Waals surface area (Å²) in [5.74, 6) is -0.177. The summed E-state index contributed by atoms with van der Waals surface area (Å²) in [6, 6.07) is 1.76. The van der Waals surface area contributed by atoms with Crippen molar-refractivity contribution in [2.75, 3.05) is 19.8 Å². The number of carbonyl (C=O) groups excluding carboxylic acids is 1. The molecule has 7 heteroatoms. The number of hydrogen-bond acceptors (Lipinski definition) is 4. The number of hydrogen-bond donors (Lipinski definition) is 2. The molecule has 1 aromatic heterocycles. The number of thiophene rings is 1. The third-order valence-corrected chi connectivity index (χ3v) is 5.24. The maximum Gasteiger partial charge on any atom is 0.253 e. The topological polar surface area (TPSA) is 58.6 Å². The van der Waals surface area contributed by atoms with E-state index in [1.54, 1.807) is 6.07 Å². The van der Waals surface area contributed by atoms with Gasteiger partial charge in [-0.2, -0.15) is 0 Å². The number of rotatable bonds is 3. The van der Waals surface area contributed by atoms with Gasteiger partial charge in [-0.1, -0.05) is 0 Å². The van der Waals surface area contributed by atoms with Crippen molar-refractivity contribution >= 4 is 49.1 Å². The Bertz CT molecular complexity index is 443. The first-order valence-corrected chi connectivity index (χ1v) is 7.94. The van der Waals surface area contributed by atoms with E-state index in [2.05, 4.69) is 37.2 Å². The summed E-state index contributed by atoms with van der Waals surface area (Å²) >= 11 is 8.12. The summed E-state index contributed by atoms with van der Waals surface area (Å²) in [6.45, 7) is 1.34. The predicted octanol–water partition coefficient (Wildman–Crippen LogP) is 2.54. The number of carbonyl (C=O) groups is 1. The predicted molar refractivity (Wildman–Crippen MR) is 77.1 cm³/mol. The lowest BCUT2D eigenvalue weighted by atomic mass is 9.94. The van der Waals surface area contributed by atoms with Crippen molar-refractivity contribution in [1.29, 1.82) is 0 Å². The lowest BCUT2D eigenvalue weighted by Crippen LogP contribution is -2.46. The molecule has 2 heterocycles. The fraction of sp³-hybridized carbons (Fsp3) is 0.545. The molecule has 1 aromatic rings. The van der Waals surface area contributed by atoms with Gasteiger partial charge in [0.1, 0.15) is 0 Å². The minimum Gasteiger partial charge on any atom is -0.388 e. The Balaban J connectivity index is 1.94. The zero-order valence-corrected chi connectivity index (χ0v) is 13.5. The zero-order valence-electron chi connectivity index (χ0n) is 9.54. The lowest BCUT2D eigenvalue weighted by molar-refractivity contribution is -0.0605. The summed E-state index contributed by atoms with van der Waals surface area (Å²) in [4.78, 5) is 12.0. The van der Waals surface area contributed by atoms with Gasteiger partial charge in [-0.25, -0.2) is 0 Å². The van der Waals surface area contributed by atoms with Crippen molar-refractivity contribution in [3.8, 4) is 0 Å². The molecule has 2 rings (SSSR count). The first-order valence-electron chi connectivity index (χ1n) is 5.53. The van der Waals surface area contributed by atoms with Crippen LogP contribution in [0.2, 0.25) is 0 Å². The Morgan fingerprint density at radius 3 is 2.72 bits per heavy atom. The highest BCUT2D eigenvalue weighted by Gasteiger charge is 2.30. The molecule has 1 saturated heterocycles. The molecule has 1 amide bonds. The van der Waals surface area contributed by atoms with Gasteiger partial charge in [0, 0.05) is 32.6 Å². The van der Waals surface area contributed by atoms with Gasteiger partial charge in [0.2, 0.25) is 0 Å². The average Bonchev–Trinajstić information content (AvgIpc) is 2.67. The molecule has 18 heavy (non-hydrogen) atoms. The Labute approximate surface area is 126 Å². The molecule has 0 atom stereocenters. The molecule has 0 radical (unpaired) electrons. The Hall–Kier alpha value is 0.0500. The number of ether oxygens (including phenoxy) is 1. The van der Waals surface area contributed by atoms with E-state index in [4.69, 9.17) is 4.74 Å². The SMILES string of the molecule is O=C(NCC1(O)CCOCC1)c1cc(Br)sc1Br. The molecule has 0 unspecified atom stereocenters. The van der Waals surface area contributed by atoms with Crippen LogP contribution in [0.5, 0.6) is 0 Å². The van der Waals surface area contributed by atoms with Crippen LogP contribution in [-0.2, 0) is 4.74 Å². The maximum atomic E-state index is 12.0. The van der Waals surface area contributed by atoms with Crippen molar-refractivity contribution in [1.82, 2.24) is 5.32 Å². The third kappa shape index (κ3) is 3.54. The van der Waals surface area contributed by atoms with E-state index in [0.717, 1.165) is 7.57 Å². The smallest absolute Gasteiger partial charge is 0.253 e. The van der Waals surface area contributed by atoms with Crippen molar-refractivity contribution in [3.63, 3.8) is 0 Å². The zero-order chi connectivity index (χ0) is 13.2. The largest absolute Gasteiger partial charge is 0.388 e. The molecule has 1 aliphatic rings. The number of aliphatic hydroxyl groups is 1. The van der Waals surface area contributed by atoms with Crippen LogP contribution in [-0.4, -0.2) is 36.4 Å².